The molecule has 1 rings (SSSR count). The Kier molecular flexibility index (Phi) is 5.31. The molecule has 0 aliphatic heterocycles. The summed E-state index contributed by atoms with van der Waals surface area (Å²) in [5, 5.41) is 25.4. The Morgan fingerprint density at radius 3 is 2.00 bits per heavy atom. The lowest BCUT2D eigenvalue weighted by atomic mass is 10.1. The summed E-state index contributed by atoms with van der Waals surface area (Å²) in [7, 11) is 0. The number of quaternary nitrogens is 1. The van der Waals surface area contributed by atoms with Crippen LogP contribution in [0.3, 0.4) is 0 Å². The van der Waals surface area contributed by atoms with Gasteiger partial charge in [0.1, 0.15) is 19.6 Å². The Hall–Kier alpha value is -1.39. The van der Waals surface area contributed by atoms with Gasteiger partial charge in [-0.3, -0.25) is 0 Å². The van der Waals surface area contributed by atoms with Crippen molar-refractivity contribution in [1.29, 1.82) is 0 Å². The van der Waals surface area contributed by atoms with E-state index in [1.807, 2.05) is 20.8 Å². The van der Waals surface area contributed by atoms with Crippen molar-refractivity contribution in [3.8, 4) is 0 Å². The molecular weight excluding hydrogens is 228 g/mol. The van der Waals surface area contributed by atoms with Crippen molar-refractivity contribution in [2.45, 2.75) is 27.4 Å². The molecule has 4 nitrogen and oxygen atoms in total. The minimum absolute atomic E-state index is 0.00943. The largest absolute Gasteiger partial charge is 0.855 e. The lowest BCUT2D eigenvalue weighted by molar-refractivity contribution is -0.930. The Bertz CT molecular complexity index is 386. The number of aliphatic hydroxyl groups is 1. The zero-order chi connectivity index (χ0) is 13.6. The number of nitrogens with zero attached hydrogens (tertiary/aromatic N) is 2. The highest BCUT2D eigenvalue weighted by molar-refractivity contribution is 5.90. The number of benzene rings is 1. The molecule has 0 radical (unpaired) electrons. The molecule has 0 saturated heterocycles. The number of aliphatic hydroxyl groups excluding tert-OH is 1. The zero-order valence-corrected chi connectivity index (χ0v) is 11.4. The lowest BCUT2D eigenvalue weighted by Gasteiger charge is -2.30. The van der Waals surface area contributed by atoms with Crippen LogP contribution in [0.4, 0.5) is 0 Å². The number of rotatable bonds is 6. The van der Waals surface area contributed by atoms with Crippen molar-refractivity contribution < 1.29 is 14.8 Å². The average Bonchev–Trinajstić information content (AvgIpc) is 2.45. The predicted octanol–water partition coefficient (Wildman–Crippen LogP) is 1.08. The summed E-state index contributed by atoms with van der Waals surface area (Å²) in [4.78, 5) is 0. The molecule has 4 heteroatoms. The first-order valence-electron chi connectivity index (χ1n) is 6.44. The van der Waals surface area contributed by atoms with E-state index in [2.05, 4.69) is 5.10 Å². The highest BCUT2D eigenvalue weighted by Crippen LogP contribution is 2.10. The minimum Gasteiger partial charge on any atom is -0.855 e. The van der Waals surface area contributed by atoms with E-state index in [1.54, 1.807) is 24.3 Å². The van der Waals surface area contributed by atoms with Gasteiger partial charge in [-0.2, -0.15) is 4.59 Å². The van der Waals surface area contributed by atoms with Crippen molar-refractivity contribution in [2.75, 3.05) is 19.6 Å². The molecule has 0 atom stereocenters. The standard InChI is InChI=1S/C14H22N2O2/c1-4-16(5-2,6-3)15-14(18)13-9-7-12(11-17)8-10-13/h7-10,17H,4-6,11H2,1-3H3. The lowest BCUT2D eigenvalue weighted by Crippen LogP contribution is -2.44. The van der Waals surface area contributed by atoms with Crippen molar-refractivity contribution in [1.82, 2.24) is 0 Å². The number of hydrogen-bond acceptors (Lipinski definition) is 3. The summed E-state index contributed by atoms with van der Waals surface area (Å²) in [6.07, 6.45) is 0. The quantitative estimate of drug-likeness (QED) is 0.355. The van der Waals surface area contributed by atoms with E-state index in [1.165, 1.54) is 0 Å². The molecule has 0 bridgehead atoms. The summed E-state index contributed by atoms with van der Waals surface area (Å²) in [5.74, 6) is -0.190. The van der Waals surface area contributed by atoms with Gasteiger partial charge in [0.05, 0.1) is 12.5 Å². The van der Waals surface area contributed by atoms with Crippen molar-refractivity contribution in [3.63, 3.8) is 0 Å². The molecular formula is C14H22N2O2. The molecule has 0 aliphatic rings. The SMILES string of the molecule is CC[N+](CC)(CC)/N=C(\[O-])c1ccc(CO)cc1. The molecule has 0 spiro atoms. The molecule has 0 aliphatic carbocycles. The third-order valence-corrected chi connectivity index (χ3v) is 3.45. The van der Waals surface area contributed by atoms with Crippen LogP contribution in [0, 0.1) is 0 Å². The second-order valence-electron chi connectivity index (χ2n) is 4.30. The topological polar surface area (TPSA) is 55.7 Å². The predicted molar refractivity (Wildman–Crippen MR) is 70.8 cm³/mol. The van der Waals surface area contributed by atoms with Crippen molar-refractivity contribution in [2.24, 2.45) is 5.10 Å². The van der Waals surface area contributed by atoms with Gasteiger partial charge >= 0.3 is 0 Å². The minimum atomic E-state index is -0.190. The van der Waals surface area contributed by atoms with Crippen LogP contribution in [0.5, 0.6) is 0 Å². The Labute approximate surface area is 109 Å². The van der Waals surface area contributed by atoms with Gasteiger partial charge in [0.2, 0.25) is 0 Å². The second kappa shape index (κ2) is 6.52. The summed E-state index contributed by atoms with van der Waals surface area (Å²) in [5.41, 5.74) is 1.37. The molecule has 1 aromatic carbocycles. The van der Waals surface area contributed by atoms with Gasteiger partial charge in [0.15, 0.2) is 0 Å². The van der Waals surface area contributed by atoms with Crippen LogP contribution < -0.4 is 5.11 Å². The maximum absolute atomic E-state index is 12.1. The molecule has 0 saturated carbocycles. The fourth-order valence-corrected chi connectivity index (χ4v) is 1.89. The van der Waals surface area contributed by atoms with Crippen molar-refractivity contribution >= 4 is 5.90 Å². The van der Waals surface area contributed by atoms with Crippen LogP contribution in [0.2, 0.25) is 0 Å². The van der Waals surface area contributed by atoms with Crippen molar-refractivity contribution in [3.05, 3.63) is 35.4 Å². The number of hydrogen-bond donors (Lipinski definition) is 1. The highest BCUT2D eigenvalue weighted by Gasteiger charge is 2.19. The Morgan fingerprint density at radius 1 is 1.11 bits per heavy atom. The summed E-state index contributed by atoms with van der Waals surface area (Å²) >= 11 is 0. The van der Waals surface area contributed by atoms with Gasteiger partial charge in [-0.15, -0.1) is 0 Å². The average molecular weight is 250 g/mol. The molecule has 0 amide bonds. The third-order valence-electron chi connectivity index (χ3n) is 3.45. The molecule has 1 N–H and O–H groups in total. The highest BCUT2D eigenvalue weighted by atomic mass is 16.3. The van der Waals surface area contributed by atoms with E-state index < -0.39 is 0 Å². The third kappa shape index (κ3) is 3.31. The van der Waals surface area contributed by atoms with E-state index in [-0.39, 0.29) is 12.5 Å². The first-order chi connectivity index (χ1) is 8.60. The maximum Gasteiger partial charge on any atom is 0.100 e. The first kappa shape index (κ1) is 14.7. The van der Waals surface area contributed by atoms with Gasteiger partial charge < -0.3 is 10.2 Å². The van der Waals surface area contributed by atoms with Gasteiger partial charge in [-0.25, -0.2) is 0 Å². The van der Waals surface area contributed by atoms with Crippen LogP contribution in [0.1, 0.15) is 31.9 Å². The molecule has 0 heterocycles. The Balaban J connectivity index is 2.99. The molecule has 18 heavy (non-hydrogen) atoms. The van der Waals surface area contributed by atoms with Gasteiger partial charge in [0, 0.05) is 0 Å². The van der Waals surface area contributed by atoms with E-state index in [0.29, 0.717) is 10.2 Å². The molecule has 0 aromatic heterocycles. The molecule has 0 fully saturated rings. The van der Waals surface area contributed by atoms with E-state index >= 15 is 0 Å². The van der Waals surface area contributed by atoms with Crippen LogP contribution in [-0.4, -0.2) is 35.2 Å². The smallest absolute Gasteiger partial charge is 0.100 e. The second-order valence-corrected chi connectivity index (χ2v) is 4.30. The summed E-state index contributed by atoms with van der Waals surface area (Å²) in [6.45, 7) is 8.55. The molecule has 100 valence electrons. The summed E-state index contributed by atoms with van der Waals surface area (Å²) in [6, 6.07) is 6.93. The van der Waals surface area contributed by atoms with Gasteiger partial charge in [-0.1, -0.05) is 29.4 Å². The fourth-order valence-electron chi connectivity index (χ4n) is 1.89. The van der Waals surface area contributed by atoms with Crippen LogP contribution in [-0.2, 0) is 6.61 Å². The molecule has 0 unspecified atom stereocenters. The van der Waals surface area contributed by atoms with Gasteiger partial charge in [-0.05, 0) is 31.9 Å². The van der Waals surface area contributed by atoms with Crippen LogP contribution >= 0.6 is 0 Å². The van der Waals surface area contributed by atoms with E-state index in [0.717, 1.165) is 25.2 Å². The first-order valence-corrected chi connectivity index (χ1v) is 6.44. The van der Waals surface area contributed by atoms with Crippen LogP contribution in [0.15, 0.2) is 29.4 Å². The monoisotopic (exact) mass is 250 g/mol. The van der Waals surface area contributed by atoms with E-state index in [9.17, 15) is 5.11 Å². The fraction of sp³-hybridized carbons (Fsp3) is 0.500. The van der Waals surface area contributed by atoms with E-state index in [4.69, 9.17) is 5.11 Å². The maximum atomic E-state index is 12.1. The summed E-state index contributed by atoms with van der Waals surface area (Å²) < 4.78 is 0.459. The normalized spacial score (nSPS) is 12.8. The van der Waals surface area contributed by atoms with Gasteiger partial charge in [0.25, 0.3) is 0 Å². The Morgan fingerprint density at radius 2 is 1.61 bits per heavy atom. The molecule has 1 aromatic rings. The zero-order valence-electron chi connectivity index (χ0n) is 11.4. The van der Waals surface area contributed by atoms with Crippen LogP contribution in [0.25, 0.3) is 0 Å².